The summed E-state index contributed by atoms with van der Waals surface area (Å²) in [5.74, 6) is 1.36. The third-order valence-corrected chi connectivity index (χ3v) is 4.79. The first-order valence-electron chi connectivity index (χ1n) is 10.0. The predicted molar refractivity (Wildman–Crippen MR) is 112 cm³/mol. The molecule has 0 bridgehead atoms. The number of carbonyl (C=O) groups is 2. The summed E-state index contributed by atoms with van der Waals surface area (Å²) in [6, 6.07) is 6.74. The minimum Gasteiger partial charge on any atom is -0.497 e. The van der Waals surface area contributed by atoms with E-state index in [1.165, 1.54) is 0 Å². The van der Waals surface area contributed by atoms with Crippen LogP contribution >= 0.6 is 0 Å². The molecule has 1 aromatic carbocycles. The summed E-state index contributed by atoms with van der Waals surface area (Å²) in [5, 5.41) is 5.17. The molecule has 0 spiro atoms. The number of amides is 3. The summed E-state index contributed by atoms with van der Waals surface area (Å²) in [4.78, 5) is 28.6. The summed E-state index contributed by atoms with van der Waals surface area (Å²) >= 11 is 0. The van der Waals surface area contributed by atoms with Crippen molar-refractivity contribution in [3.05, 3.63) is 24.3 Å². The van der Waals surface area contributed by atoms with Gasteiger partial charge in [-0.3, -0.25) is 19.9 Å². The number of carbonyl (C=O) groups excluding carboxylic acids is 2. The summed E-state index contributed by atoms with van der Waals surface area (Å²) < 4.78 is 10.9. The molecule has 8 nitrogen and oxygen atoms in total. The van der Waals surface area contributed by atoms with Gasteiger partial charge < -0.3 is 14.8 Å². The molecule has 2 rings (SSSR count). The standard InChI is InChI=1S/C21H34N4O4/c1-16(19(26)22-20(27)23-21(2,3)4)25-12-10-24(11-13-25)14-15-29-18-8-6-17(28-5)7-9-18/h6-9,16H,10-15H2,1-5H3,(H2,22,23,26,27)/t16-/m0/s1. The van der Waals surface area contributed by atoms with Crippen LogP contribution in [-0.2, 0) is 4.79 Å². The number of nitrogens with zero attached hydrogens (tertiary/aromatic N) is 2. The van der Waals surface area contributed by atoms with Crippen LogP contribution in [0.2, 0.25) is 0 Å². The van der Waals surface area contributed by atoms with Crippen molar-refractivity contribution < 1.29 is 19.1 Å². The maximum atomic E-state index is 12.3. The number of nitrogens with one attached hydrogen (secondary N) is 2. The molecule has 3 amide bonds. The van der Waals surface area contributed by atoms with Gasteiger partial charge in [0.1, 0.15) is 18.1 Å². The molecule has 0 aromatic heterocycles. The Balaban J connectivity index is 1.68. The minimum atomic E-state index is -0.455. The average Bonchev–Trinajstić information content (AvgIpc) is 2.67. The zero-order chi connectivity index (χ0) is 21.4. The minimum absolute atomic E-state index is 0.275. The Kier molecular flexibility index (Phi) is 8.28. The van der Waals surface area contributed by atoms with E-state index in [-0.39, 0.29) is 17.5 Å². The molecular weight excluding hydrogens is 372 g/mol. The number of imide groups is 1. The van der Waals surface area contributed by atoms with E-state index >= 15 is 0 Å². The van der Waals surface area contributed by atoms with E-state index in [1.54, 1.807) is 7.11 Å². The van der Waals surface area contributed by atoms with E-state index in [0.29, 0.717) is 6.61 Å². The lowest BCUT2D eigenvalue weighted by Gasteiger charge is -2.37. The molecule has 1 fully saturated rings. The Morgan fingerprint density at radius 3 is 2.21 bits per heavy atom. The Labute approximate surface area is 173 Å². The van der Waals surface area contributed by atoms with Crippen LogP contribution in [0, 0.1) is 0 Å². The number of benzene rings is 1. The van der Waals surface area contributed by atoms with Crippen LogP contribution in [0.3, 0.4) is 0 Å². The first-order valence-corrected chi connectivity index (χ1v) is 10.0. The molecule has 1 atom stereocenters. The van der Waals surface area contributed by atoms with Crippen molar-refractivity contribution in [2.45, 2.75) is 39.3 Å². The van der Waals surface area contributed by atoms with Crippen LogP contribution < -0.4 is 20.1 Å². The quantitative estimate of drug-likeness (QED) is 0.717. The van der Waals surface area contributed by atoms with Gasteiger partial charge in [-0.2, -0.15) is 0 Å². The molecule has 0 saturated carbocycles. The highest BCUT2D eigenvalue weighted by molar-refractivity contribution is 5.97. The lowest BCUT2D eigenvalue weighted by molar-refractivity contribution is -0.125. The smallest absolute Gasteiger partial charge is 0.321 e. The number of hydrogen-bond acceptors (Lipinski definition) is 6. The maximum Gasteiger partial charge on any atom is 0.321 e. The van der Waals surface area contributed by atoms with Crippen molar-refractivity contribution in [1.29, 1.82) is 0 Å². The van der Waals surface area contributed by atoms with Gasteiger partial charge in [0.15, 0.2) is 0 Å². The van der Waals surface area contributed by atoms with Crippen LogP contribution in [0.15, 0.2) is 24.3 Å². The van der Waals surface area contributed by atoms with Crippen LogP contribution in [0.5, 0.6) is 11.5 Å². The Bertz CT molecular complexity index is 664. The normalized spacial score (nSPS) is 16.7. The molecule has 0 radical (unpaired) electrons. The average molecular weight is 407 g/mol. The molecule has 1 aliphatic heterocycles. The van der Waals surface area contributed by atoms with Crippen molar-refractivity contribution in [2.24, 2.45) is 0 Å². The van der Waals surface area contributed by atoms with E-state index in [2.05, 4.69) is 20.4 Å². The predicted octanol–water partition coefficient (Wildman–Crippen LogP) is 1.70. The summed E-state index contributed by atoms with van der Waals surface area (Å²) in [6.45, 7) is 12.2. The number of methoxy groups -OCH3 is 1. The molecule has 1 saturated heterocycles. The Morgan fingerprint density at radius 1 is 1.07 bits per heavy atom. The summed E-state index contributed by atoms with van der Waals surface area (Å²) in [7, 11) is 1.64. The highest BCUT2D eigenvalue weighted by Gasteiger charge is 2.27. The van der Waals surface area contributed by atoms with E-state index in [9.17, 15) is 9.59 Å². The van der Waals surface area contributed by atoms with E-state index in [1.807, 2.05) is 52.0 Å². The largest absolute Gasteiger partial charge is 0.497 e. The molecular formula is C21H34N4O4. The highest BCUT2D eigenvalue weighted by Crippen LogP contribution is 2.17. The topological polar surface area (TPSA) is 83.1 Å². The second-order valence-corrected chi connectivity index (χ2v) is 8.27. The van der Waals surface area contributed by atoms with Gasteiger partial charge in [0, 0.05) is 38.3 Å². The summed E-state index contributed by atoms with van der Waals surface area (Å²) in [5.41, 5.74) is -0.382. The van der Waals surface area contributed by atoms with Crippen LogP contribution in [0.25, 0.3) is 0 Å². The molecule has 0 unspecified atom stereocenters. The SMILES string of the molecule is COc1ccc(OCCN2CCN([C@@H](C)C(=O)NC(=O)NC(C)(C)C)CC2)cc1. The second-order valence-electron chi connectivity index (χ2n) is 8.27. The fraction of sp³-hybridized carbons (Fsp3) is 0.619. The fourth-order valence-electron chi connectivity index (χ4n) is 3.09. The van der Waals surface area contributed by atoms with Gasteiger partial charge in [0.25, 0.3) is 0 Å². The molecule has 1 aromatic rings. The van der Waals surface area contributed by atoms with E-state index < -0.39 is 6.03 Å². The van der Waals surface area contributed by atoms with Gasteiger partial charge in [-0.05, 0) is 52.0 Å². The molecule has 162 valence electrons. The van der Waals surface area contributed by atoms with Crippen LogP contribution in [0.1, 0.15) is 27.7 Å². The number of ether oxygens (including phenoxy) is 2. The third-order valence-electron chi connectivity index (χ3n) is 4.79. The highest BCUT2D eigenvalue weighted by atomic mass is 16.5. The molecule has 1 aliphatic rings. The number of rotatable bonds is 7. The number of hydrogen-bond donors (Lipinski definition) is 2. The third kappa shape index (κ3) is 7.91. The molecule has 0 aliphatic carbocycles. The molecule has 8 heteroatoms. The first-order chi connectivity index (χ1) is 13.7. The first kappa shape index (κ1) is 23.0. The second kappa shape index (κ2) is 10.5. The van der Waals surface area contributed by atoms with Crippen molar-refractivity contribution in [2.75, 3.05) is 46.4 Å². The van der Waals surface area contributed by atoms with E-state index in [0.717, 1.165) is 44.2 Å². The van der Waals surface area contributed by atoms with Gasteiger partial charge in [-0.1, -0.05) is 0 Å². The van der Waals surface area contributed by atoms with E-state index in [4.69, 9.17) is 9.47 Å². The Hall–Kier alpha value is -2.32. The van der Waals surface area contributed by atoms with Crippen molar-refractivity contribution in [3.8, 4) is 11.5 Å². The maximum absolute atomic E-state index is 12.3. The van der Waals surface area contributed by atoms with Gasteiger partial charge in [-0.25, -0.2) is 4.79 Å². The van der Waals surface area contributed by atoms with Gasteiger partial charge in [-0.15, -0.1) is 0 Å². The number of urea groups is 1. The van der Waals surface area contributed by atoms with Crippen molar-refractivity contribution in [3.63, 3.8) is 0 Å². The lowest BCUT2D eigenvalue weighted by atomic mass is 10.1. The lowest BCUT2D eigenvalue weighted by Crippen LogP contribution is -2.57. The van der Waals surface area contributed by atoms with Crippen LogP contribution in [-0.4, -0.2) is 79.8 Å². The van der Waals surface area contributed by atoms with Gasteiger partial charge >= 0.3 is 6.03 Å². The Morgan fingerprint density at radius 2 is 1.66 bits per heavy atom. The molecule has 2 N–H and O–H groups in total. The summed E-state index contributed by atoms with van der Waals surface area (Å²) in [6.07, 6.45) is 0. The fourth-order valence-corrected chi connectivity index (χ4v) is 3.09. The molecule has 29 heavy (non-hydrogen) atoms. The van der Waals surface area contributed by atoms with Gasteiger partial charge in [0.05, 0.1) is 13.2 Å². The van der Waals surface area contributed by atoms with Crippen molar-refractivity contribution >= 4 is 11.9 Å². The zero-order valence-electron chi connectivity index (χ0n) is 18.2. The van der Waals surface area contributed by atoms with Crippen molar-refractivity contribution in [1.82, 2.24) is 20.4 Å². The van der Waals surface area contributed by atoms with Crippen LogP contribution in [0.4, 0.5) is 4.79 Å². The molecule has 1 heterocycles. The monoisotopic (exact) mass is 406 g/mol. The number of piperazine rings is 1. The zero-order valence-corrected chi connectivity index (χ0v) is 18.2. The van der Waals surface area contributed by atoms with Gasteiger partial charge in [0.2, 0.25) is 5.91 Å².